The third kappa shape index (κ3) is 3.58. The smallest absolute Gasteiger partial charge is 0.135 e. The highest BCUT2D eigenvalue weighted by Crippen LogP contribution is 2.24. The van der Waals surface area contributed by atoms with E-state index in [4.69, 9.17) is 23.2 Å². The van der Waals surface area contributed by atoms with Crippen molar-refractivity contribution in [1.82, 2.24) is 14.8 Å². The van der Waals surface area contributed by atoms with Crippen LogP contribution in [0.25, 0.3) is 0 Å². The zero-order valence-electron chi connectivity index (χ0n) is 10.9. The van der Waals surface area contributed by atoms with E-state index in [1.54, 1.807) is 6.07 Å². The van der Waals surface area contributed by atoms with Crippen LogP contribution < -0.4 is 0 Å². The summed E-state index contributed by atoms with van der Waals surface area (Å²) in [4.78, 5) is 8.82. The Bertz CT molecular complexity index is 409. The van der Waals surface area contributed by atoms with E-state index in [9.17, 15) is 0 Å². The highest BCUT2D eigenvalue weighted by Gasteiger charge is 2.25. The van der Waals surface area contributed by atoms with E-state index in [0.717, 1.165) is 25.2 Å². The molecule has 18 heavy (non-hydrogen) atoms. The van der Waals surface area contributed by atoms with Crippen molar-refractivity contribution in [3.8, 4) is 0 Å². The lowest BCUT2D eigenvalue weighted by atomic mass is 10.2. The number of nitrogens with zero attached hydrogens (tertiary/aromatic N) is 3. The molecule has 0 bridgehead atoms. The standard InChI is InChI=1S/C13H19Cl2N3/c1-17(2)9-11-4-3-7-18(11)8-10-5-6-12(14)16-13(10)15/h5-6,11H,3-4,7-9H2,1-2H3. The van der Waals surface area contributed by atoms with Gasteiger partial charge in [-0.1, -0.05) is 29.3 Å². The lowest BCUT2D eigenvalue weighted by molar-refractivity contribution is 0.201. The van der Waals surface area contributed by atoms with E-state index in [2.05, 4.69) is 28.9 Å². The van der Waals surface area contributed by atoms with Crippen LogP contribution in [0.4, 0.5) is 0 Å². The largest absolute Gasteiger partial charge is 0.308 e. The Morgan fingerprint density at radius 3 is 2.83 bits per heavy atom. The third-order valence-corrected chi connectivity index (χ3v) is 3.88. The average molecular weight is 288 g/mol. The molecule has 1 fully saturated rings. The summed E-state index contributed by atoms with van der Waals surface area (Å²) in [7, 11) is 4.24. The number of rotatable bonds is 4. The molecule has 0 spiro atoms. The van der Waals surface area contributed by atoms with Crippen LogP contribution in [0.2, 0.25) is 10.3 Å². The predicted molar refractivity (Wildman–Crippen MR) is 76.2 cm³/mol. The second kappa shape index (κ2) is 6.20. The van der Waals surface area contributed by atoms with E-state index >= 15 is 0 Å². The highest BCUT2D eigenvalue weighted by molar-refractivity contribution is 6.32. The molecule has 1 saturated heterocycles. The maximum Gasteiger partial charge on any atom is 0.135 e. The van der Waals surface area contributed by atoms with Crippen molar-refractivity contribution in [2.24, 2.45) is 0 Å². The summed E-state index contributed by atoms with van der Waals surface area (Å²) < 4.78 is 0. The van der Waals surface area contributed by atoms with Crippen molar-refractivity contribution in [2.45, 2.75) is 25.4 Å². The minimum absolute atomic E-state index is 0.454. The van der Waals surface area contributed by atoms with Crippen LogP contribution in [-0.2, 0) is 6.54 Å². The maximum atomic E-state index is 6.13. The first kappa shape index (κ1) is 14.1. The van der Waals surface area contributed by atoms with Gasteiger partial charge in [0.05, 0.1) is 0 Å². The Hall–Kier alpha value is -0.350. The second-order valence-corrected chi connectivity index (χ2v) is 5.86. The van der Waals surface area contributed by atoms with Gasteiger partial charge >= 0.3 is 0 Å². The normalized spacial score (nSPS) is 20.8. The van der Waals surface area contributed by atoms with Crippen LogP contribution in [-0.4, -0.2) is 48.0 Å². The molecule has 0 radical (unpaired) electrons. The molecule has 1 atom stereocenters. The van der Waals surface area contributed by atoms with Crippen molar-refractivity contribution < 1.29 is 0 Å². The Morgan fingerprint density at radius 2 is 2.17 bits per heavy atom. The summed E-state index contributed by atoms with van der Waals surface area (Å²) in [6.07, 6.45) is 2.52. The maximum absolute atomic E-state index is 6.13. The van der Waals surface area contributed by atoms with Gasteiger partial charge < -0.3 is 4.90 Å². The van der Waals surface area contributed by atoms with Crippen LogP contribution in [0.3, 0.4) is 0 Å². The summed E-state index contributed by atoms with van der Waals surface area (Å²) >= 11 is 11.9. The molecule has 0 N–H and O–H groups in total. The van der Waals surface area contributed by atoms with E-state index in [0.29, 0.717) is 16.3 Å². The summed E-state index contributed by atoms with van der Waals surface area (Å²) in [6, 6.07) is 4.40. The van der Waals surface area contributed by atoms with Gasteiger partial charge in [0.2, 0.25) is 0 Å². The number of likely N-dealkylation sites (N-methyl/N-ethyl adjacent to an activating group) is 1. The van der Waals surface area contributed by atoms with Crippen molar-refractivity contribution in [1.29, 1.82) is 0 Å². The molecule has 0 saturated carbocycles. The predicted octanol–water partition coefficient (Wildman–Crippen LogP) is 2.91. The van der Waals surface area contributed by atoms with Crippen LogP contribution in [0.1, 0.15) is 18.4 Å². The fraction of sp³-hybridized carbons (Fsp3) is 0.615. The molecule has 1 aromatic rings. The summed E-state index contributed by atoms with van der Waals surface area (Å²) in [5.74, 6) is 0. The molecule has 1 aliphatic rings. The molecule has 1 unspecified atom stereocenters. The Kier molecular flexibility index (Phi) is 4.84. The topological polar surface area (TPSA) is 19.4 Å². The van der Waals surface area contributed by atoms with Gasteiger partial charge in [0.25, 0.3) is 0 Å². The summed E-state index contributed by atoms with van der Waals surface area (Å²) in [6.45, 7) is 3.09. The Morgan fingerprint density at radius 1 is 1.39 bits per heavy atom. The van der Waals surface area contributed by atoms with Gasteiger partial charge in [-0.2, -0.15) is 0 Å². The summed E-state index contributed by atoms with van der Waals surface area (Å²) in [5.41, 5.74) is 1.06. The molecule has 0 amide bonds. The molecule has 0 aromatic carbocycles. The monoisotopic (exact) mass is 287 g/mol. The fourth-order valence-corrected chi connectivity index (χ4v) is 2.91. The summed E-state index contributed by atoms with van der Waals surface area (Å²) in [5, 5.41) is 0.980. The molecule has 2 heterocycles. The van der Waals surface area contributed by atoms with Gasteiger partial charge in [0, 0.05) is 24.7 Å². The van der Waals surface area contributed by atoms with E-state index < -0.39 is 0 Å². The van der Waals surface area contributed by atoms with Gasteiger partial charge in [-0.15, -0.1) is 0 Å². The number of aromatic nitrogens is 1. The van der Waals surface area contributed by atoms with Crippen LogP contribution in [0, 0.1) is 0 Å². The first-order valence-electron chi connectivity index (χ1n) is 6.26. The minimum atomic E-state index is 0.454. The first-order chi connectivity index (χ1) is 8.56. The van der Waals surface area contributed by atoms with Crippen LogP contribution in [0.15, 0.2) is 12.1 Å². The van der Waals surface area contributed by atoms with Gasteiger partial charge in [0.1, 0.15) is 10.3 Å². The molecule has 2 rings (SSSR count). The molecule has 5 heteroatoms. The molecule has 1 aromatic heterocycles. The van der Waals surface area contributed by atoms with E-state index in [1.165, 1.54) is 12.8 Å². The first-order valence-corrected chi connectivity index (χ1v) is 7.01. The lowest BCUT2D eigenvalue weighted by Gasteiger charge is -2.27. The quantitative estimate of drug-likeness (QED) is 0.794. The fourth-order valence-electron chi connectivity index (χ4n) is 2.51. The highest BCUT2D eigenvalue weighted by atomic mass is 35.5. The third-order valence-electron chi connectivity index (χ3n) is 3.34. The van der Waals surface area contributed by atoms with Crippen molar-refractivity contribution in [2.75, 3.05) is 27.2 Å². The second-order valence-electron chi connectivity index (χ2n) is 5.11. The van der Waals surface area contributed by atoms with Crippen molar-refractivity contribution in [3.05, 3.63) is 28.0 Å². The number of hydrogen-bond acceptors (Lipinski definition) is 3. The van der Waals surface area contributed by atoms with Crippen LogP contribution >= 0.6 is 23.2 Å². The van der Waals surface area contributed by atoms with Crippen molar-refractivity contribution >= 4 is 23.2 Å². The van der Waals surface area contributed by atoms with Gasteiger partial charge in [0.15, 0.2) is 0 Å². The molecule has 1 aliphatic heterocycles. The zero-order chi connectivity index (χ0) is 13.1. The van der Waals surface area contributed by atoms with Gasteiger partial charge in [-0.25, -0.2) is 4.98 Å². The number of likely N-dealkylation sites (tertiary alicyclic amines) is 1. The van der Waals surface area contributed by atoms with Gasteiger partial charge in [-0.05, 0) is 39.5 Å². The molecular formula is C13H19Cl2N3. The zero-order valence-corrected chi connectivity index (χ0v) is 12.4. The Balaban J connectivity index is 2.03. The van der Waals surface area contributed by atoms with E-state index in [-0.39, 0.29) is 0 Å². The Labute approximate surface area is 119 Å². The molecule has 100 valence electrons. The molecule has 3 nitrogen and oxygen atoms in total. The number of hydrogen-bond donors (Lipinski definition) is 0. The number of halogens is 2. The minimum Gasteiger partial charge on any atom is -0.308 e. The lowest BCUT2D eigenvalue weighted by Crippen LogP contribution is -2.37. The SMILES string of the molecule is CN(C)CC1CCCN1Cc1ccc(Cl)nc1Cl. The van der Waals surface area contributed by atoms with E-state index in [1.807, 2.05) is 6.07 Å². The van der Waals surface area contributed by atoms with Crippen molar-refractivity contribution in [3.63, 3.8) is 0 Å². The molecular weight excluding hydrogens is 269 g/mol. The average Bonchev–Trinajstić information content (AvgIpc) is 2.69. The molecule has 0 aliphatic carbocycles. The number of pyridine rings is 1. The van der Waals surface area contributed by atoms with Crippen LogP contribution in [0.5, 0.6) is 0 Å². The van der Waals surface area contributed by atoms with Gasteiger partial charge in [-0.3, -0.25) is 4.90 Å².